The van der Waals surface area contributed by atoms with Crippen molar-refractivity contribution in [1.29, 1.82) is 0 Å². The highest BCUT2D eigenvalue weighted by Gasteiger charge is 2.29. The fourth-order valence-corrected chi connectivity index (χ4v) is 3.53. The molecule has 0 bridgehead atoms. The van der Waals surface area contributed by atoms with Gasteiger partial charge >= 0.3 is 0 Å². The minimum absolute atomic E-state index is 0.674. The first-order valence-corrected chi connectivity index (χ1v) is 8.06. The number of fused-ring (bicyclic) bond motifs is 1. The average molecular weight is 290 g/mol. The van der Waals surface area contributed by atoms with Crippen LogP contribution in [-0.2, 0) is 6.42 Å². The average Bonchev–Trinajstić information content (AvgIpc) is 3.22. The van der Waals surface area contributed by atoms with Crippen LogP contribution in [0, 0.1) is 5.92 Å². The van der Waals surface area contributed by atoms with Gasteiger partial charge in [-0.05, 0) is 62.9 Å². The molecule has 20 heavy (non-hydrogen) atoms. The zero-order chi connectivity index (χ0) is 13.5. The first kappa shape index (κ1) is 12.7. The van der Waals surface area contributed by atoms with Crippen molar-refractivity contribution in [2.24, 2.45) is 5.92 Å². The van der Waals surface area contributed by atoms with Crippen molar-refractivity contribution in [3.63, 3.8) is 0 Å². The summed E-state index contributed by atoms with van der Waals surface area (Å²) in [5, 5.41) is 4.29. The molecule has 1 aromatic heterocycles. The molecule has 2 fully saturated rings. The number of rotatable bonds is 3. The second-order valence-corrected chi connectivity index (χ2v) is 6.62. The molecule has 106 valence electrons. The van der Waals surface area contributed by atoms with Gasteiger partial charge in [0.05, 0.1) is 11.0 Å². The van der Waals surface area contributed by atoms with Crippen LogP contribution in [0.25, 0.3) is 11.0 Å². The van der Waals surface area contributed by atoms with Gasteiger partial charge in [0, 0.05) is 17.5 Å². The quantitative estimate of drug-likeness (QED) is 0.936. The molecule has 1 saturated heterocycles. The van der Waals surface area contributed by atoms with Crippen molar-refractivity contribution in [3.05, 3.63) is 29.0 Å². The fourth-order valence-electron chi connectivity index (χ4n) is 3.36. The third-order valence-electron chi connectivity index (χ3n) is 4.51. The number of benzene rings is 1. The molecule has 0 radical (unpaired) electrons. The van der Waals surface area contributed by atoms with Crippen LogP contribution in [0.3, 0.4) is 0 Å². The molecule has 1 aliphatic carbocycles. The van der Waals surface area contributed by atoms with Crippen molar-refractivity contribution >= 4 is 22.6 Å². The van der Waals surface area contributed by atoms with Crippen molar-refractivity contribution in [2.45, 2.75) is 38.1 Å². The molecule has 2 aromatic rings. The van der Waals surface area contributed by atoms with Crippen LogP contribution in [0.1, 0.15) is 37.5 Å². The van der Waals surface area contributed by atoms with Crippen LogP contribution >= 0.6 is 11.6 Å². The van der Waals surface area contributed by atoms with E-state index in [9.17, 15) is 0 Å². The lowest BCUT2D eigenvalue weighted by molar-refractivity contribution is 0.367. The summed E-state index contributed by atoms with van der Waals surface area (Å²) in [6.07, 6.45) is 6.30. The summed E-state index contributed by atoms with van der Waals surface area (Å²) in [6, 6.07) is 6.79. The number of nitrogens with one attached hydrogen (secondary N) is 1. The maximum Gasteiger partial charge on any atom is 0.110 e. The number of hydrogen-bond donors (Lipinski definition) is 1. The monoisotopic (exact) mass is 289 g/mol. The third-order valence-corrected chi connectivity index (χ3v) is 4.74. The van der Waals surface area contributed by atoms with Gasteiger partial charge in [-0.15, -0.1) is 0 Å². The van der Waals surface area contributed by atoms with Gasteiger partial charge < -0.3 is 9.88 Å². The fraction of sp³-hybridized carbons (Fsp3) is 0.562. The Morgan fingerprint density at radius 1 is 1.30 bits per heavy atom. The van der Waals surface area contributed by atoms with Crippen molar-refractivity contribution in [1.82, 2.24) is 14.9 Å². The van der Waals surface area contributed by atoms with Crippen LogP contribution in [0.15, 0.2) is 18.2 Å². The summed E-state index contributed by atoms with van der Waals surface area (Å²) in [4.78, 5) is 4.88. The smallest absolute Gasteiger partial charge is 0.110 e. The Kier molecular flexibility index (Phi) is 3.20. The third kappa shape index (κ3) is 2.33. The molecule has 1 aliphatic heterocycles. The molecule has 2 aliphatic rings. The predicted octanol–water partition coefficient (Wildman–Crippen LogP) is 3.57. The van der Waals surface area contributed by atoms with Crippen LogP contribution in [-0.4, -0.2) is 22.6 Å². The van der Waals surface area contributed by atoms with E-state index in [1.165, 1.54) is 43.6 Å². The summed E-state index contributed by atoms with van der Waals surface area (Å²) in [6.45, 7) is 2.31. The maximum atomic E-state index is 6.11. The Labute approximate surface area is 124 Å². The minimum atomic E-state index is 0.674. The molecule has 1 N–H and O–H groups in total. The largest absolute Gasteiger partial charge is 0.325 e. The normalized spacial score (nSPS) is 23.4. The van der Waals surface area contributed by atoms with E-state index in [1.54, 1.807) is 0 Å². The van der Waals surface area contributed by atoms with E-state index in [-0.39, 0.29) is 0 Å². The number of hydrogen-bond acceptors (Lipinski definition) is 2. The molecule has 4 rings (SSSR count). The highest BCUT2D eigenvalue weighted by molar-refractivity contribution is 6.31. The van der Waals surface area contributed by atoms with Gasteiger partial charge in [0.15, 0.2) is 0 Å². The first-order valence-electron chi connectivity index (χ1n) is 7.68. The summed E-state index contributed by atoms with van der Waals surface area (Å²) >= 11 is 6.11. The Hall–Kier alpha value is -1.06. The van der Waals surface area contributed by atoms with E-state index in [4.69, 9.17) is 16.6 Å². The molecule has 1 unspecified atom stereocenters. The highest BCUT2D eigenvalue weighted by Crippen LogP contribution is 2.39. The van der Waals surface area contributed by atoms with Crippen molar-refractivity contribution < 1.29 is 0 Å². The summed E-state index contributed by atoms with van der Waals surface area (Å²) < 4.78 is 2.47. The molecule has 1 aromatic carbocycles. The van der Waals surface area contributed by atoms with Gasteiger partial charge in [-0.3, -0.25) is 0 Å². The summed E-state index contributed by atoms with van der Waals surface area (Å²) in [5.41, 5.74) is 2.32. The molecule has 2 heterocycles. The maximum absolute atomic E-state index is 6.11. The van der Waals surface area contributed by atoms with E-state index < -0.39 is 0 Å². The Bertz CT molecular complexity index is 624. The number of nitrogens with zero attached hydrogens (tertiary/aromatic N) is 2. The van der Waals surface area contributed by atoms with E-state index in [0.29, 0.717) is 6.04 Å². The Morgan fingerprint density at radius 2 is 2.20 bits per heavy atom. The van der Waals surface area contributed by atoms with Gasteiger partial charge in [-0.2, -0.15) is 0 Å². The molecular weight excluding hydrogens is 270 g/mol. The topological polar surface area (TPSA) is 29.9 Å². The molecule has 0 spiro atoms. The Morgan fingerprint density at radius 3 is 2.95 bits per heavy atom. The van der Waals surface area contributed by atoms with Gasteiger partial charge in [0.2, 0.25) is 0 Å². The minimum Gasteiger partial charge on any atom is -0.325 e. The first-order chi connectivity index (χ1) is 9.81. The number of aromatic nitrogens is 2. The lowest BCUT2D eigenvalue weighted by Gasteiger charge is -2.22. The lowest BCUT2D eigenvalue weighted by atomic mass is 9.96. The number of imidazole rings is 1. The van der Waals surface area contributed by atoms with Crippen molar-refractivity contribution in [2.75, 3.05) is 13.1 Å². The highest BCUT2D eigenvalue weighted by atomic mass is 35.5. The van der Waals surface area contributed by atoms with Crippen LogP contribution in [0.2, 0.25) is 5.02 Å². The van der Waals surface area contributed by atoms with Crippen LogP contribution in [0.5, 0.6) is 0 Å². The number of halogens is 1. The molecule has 1 saturated carbocycles. The van der Waals surface area contributed by atoms with E-state index in [0.717, 1.165) is 29.4 Å². The lowest BCUT2D eigenvalue weighted by Crippen LogP contribution is -2.31. The molecule has 3 nitrogen and oxygen atoms in total. The van der Waals surface area contributed by atoms with Crippen molar-refractivity contribution in [3.8, 4) is 0 Å². The zero-order valence-electron chi connectivity index (χ0n) is 11.6. The summed E-state index contributed by atoms with van der Waals surface area (Å²) in [7, 11) is 0. The van der Waals surface area contributed by atoms with Gasteiger partial charge in [0.25, 0.3) is 0 Å². The number of piperidine rings is 1. The second kappa shape index (κ2) is 5.05. The SMILES string of the molecule is Clc1ccc2c(c1)nc(CC1CCCNC1)n2C1CC1. The van der Waals surface area contributed by atoms with Crippen LogP contribution in [0.4, 0.5) is 0 Å². The molecule has 4 heteroatoms. The van der Waals surface area contributed by atoms with E-state index >= 15 is 0 Å². The molecular formula is C16H20ClN3. The predicted molar refractivity (Wildman–Crippen MR) is 82.3 cm³/mol. The zero-order valence-corrected chi connectivity index (χ0v) is 12.4. The van der Waals surface area contributed by atoms with E-state index in [2.05, 4.69) is 16.0 Å². The summed E-state index contributed by atoms with van der Waals surface area (Å²) in [5.74, 6) is 1.99. The van der Waals surface area contributed by atoms with Crippen LogP contribution < -0.4 is 5.32 Å². The second-order valence-electron chi connectivity index (χ2n) is 6.18. The molecule has 0 amide bonds. The Balaban J connectivity index is 1.71. The standard InChI is InChI=1S/C16H20ClN3/c17-12-3-6-15-14(9-12)19-16(20(15)13-4-5-13)8-11-2-1-7-18-10-11/h3,6,9,11,13,18H,1-2,4-5,7-8,10H2. The van der Waals surface area contributed by atoms with Gasteiger partial charge in [-0.25, -0.2) is 4.98 Å². The molecule has 1 atom stereocenters. The van der Waals surface area contributed by atoms with Gasteiger partial charge in [0.1, 0.15) is 5.82 Å². The van der Waals surface area contributed by atoms with Gasteiger partial charge in [-0.1, -0.05) is 11.6 Å². The van der Waals surface area contributed by atoms with E-state index in [1.807, 2.05) is 12.1 Å².